The predicted octanol–water partition coefficient (Wildman–Crippen LogP) is 0.816. The molecule has 2 aliphatic rings. The van der Waals surface area contributed by atoms with Gasteiger partial charge in [0.2, 0.25) is 0 Å². The second-order valence-electron chi connectivity index (χ2n) is 7.28. The lowest BCUT2D eigenvalue weighted by Gasteiger charge is -2.40. The maximum absolute atomic E-state index is 13.0. The van der Waals surface area contributed by atoms with E-state index in [-0.39, 0.29) is 18.1 Å². The SMILES string of the molecule is Cn1cnc2c(c1=O)N(Cc1ccccc1)C(N1CCNCC1)N2OC(=O)C(F)(F)F. The summed E-state index contributed by atoms with van der Waals surface area (Å²) in [5.41, 5.74) is 0.461. The fraction of sp³-hybridized carbons (Fsp3) is 0.421. The van der Waals surface area contributed by atoms with Crippen LogP contribution in [0.2, 0.25) is 0 Å². The standard InChI is InChI=1S/C19H21F3N6O3/c1-25-12-24-15-14(16(25)29)27(11-13-5-3-2-4-6-13)18(26-9-7-23-8-10-26)28(15)31-17(30)19(20,21)22/h2-6,12,18,23H,7-11H2,1H3. The molecule has 0 amide bonds. The quantitative estimate of drug-likeness (QED) is 0.752. The highest BCUT2D eigenvalue weighted by Crippen LogP contribution is 2.38. The Morgan fingerprint density at radius 1 is 1.23 bits per heavy atom. The van der Waals surface area contributed by atoms with Crippen molar-refractivity contribution >= 4 is 17.5 Å². The molecule has 0 spiro atoms. The summed E-state index contributed by atoms with van der Waals surface area (Å²) in [6, 6.07) is 9.19. The third-order valence-corrected chi connectivity index (χ3v) is 5.16. The minimum atomic E-state index is -5.19. The molecule has 1 unspecified atom stereocenters. The van der Waals surface area contributed by atoms with Crippen molar-refractivity contribution in [3.63, 3.8) is 0 Å². The van der Waals surface area contributed by atoms with Gasteiger partial charge in [0.25, 0.3) is 5.56 Å². The van der Waals surface area contributed by atoms with Crippen molar-refractivity contribution < 1.29 is 22.8 Å². The number of nitrogens with one attached hydrogen (secondary N) is 1. The van der Waals surface area contributed by atoms with Gasteiger partial charge in [0, 0.05) is 39.8 Å². The monoisotopic (exact) mass is 438 g/mol. The number of nitrogens with zero attached hydrogens (tertiary/aromatic N) is 5. The summed E-state index contributed by atoms with van der Waals surface area (Å²) in [5, 5.41) is 3.98. The van der Waals surface area contributed by atoms with E-state index in [2.05, 4.69) is 10.3 Å². The molecule has 0 bridgehead atoms. The highest BCUT2D eigenvalue weighted by Gasteiger charge is 2.50. The van der Waals surface area contributed by atoms with Gasteiger partial charge in [0.1, 0.15) is 0 Å². The first-order valence-electron chi connectivity index (χ1n) is 9.66. The number of fused-ring (bicyclic) bond motifs is 1. The molecule has 12 heteroatoms. The minimum absolute atomic E-state index is 0.0763. The molecule has 4 rings (SSSR count). The molecule has 9 nitrogen and oxygen atoms in total. The maximum atomic E-state index is 13.0. The summed E-state index contributed by atoms with van der Waals surface area (Å²) >= 11 is 0. The molecule has 0 aliphatic carbocycles. The molecule has 1 aromatic heterocycles. The average molecular weight is 438 g/mol. The topological polar surface area (TPSA) is 82.9 Å². The fourth-order valence-electron chi connectivity index (χ4n) is 3.71. The minimum Gasteiger partial charge on any atom is -0.327 e. The smallest absolute Gasteiger partial charge is 0.327 e. The number of aryl methyl sites for hydroxylation is 1. The number of hydrogen-bond donors (Lipinski definition) is 1. The maximum Gasteiger partial charge on any atom is 0.493 e. The second-order valence-corrected chi connectivity index (χ2v) is 7.28. The molecule has 1 atom stereocenters. The van der Waals surface area contributed by atoms with E-state index in [1.165, 1.54) is 17.9 Å². The molecule has 2 aromatic rings. The molecule has 1 fully saturated rings. The van der Waals surface area contributed by atoms with Gasteiger partial charge in [0.15, 0.2) is 17.8 Å². The van der Waals surface area contributed by atoms with Crippen LogP contribution in [-0.4, -0.2) is 59.1 Å². The molecule has 2 aliphatic heterocycles. The lowest BCUT2D eigenvalue weighted by atomic mass is 10.2. The predicted molar refractivity (Wildman–Crippen MR) is 105 cm³/mol. The first-order valence-corrected chi connectivity index (χ1v) is 9.66. The van der Waals surface area contributed by atoms with Gasteiger partial charge in [-0.3, -0.25) is 9.69 Å². The Morgan fingerprint density at radius 3 is 2.55 bits per heavy atom. The van der Waals surface area contributed by atoms with Crippen LogP contribution in [0.4, 0.5) is 24.7 Å². The zero-order valence-corrected chi connectivity index (χ0v) is 16.7. The summed E-state index contributed by atoms with van der Waals surface area (Å²) in [6.07, 6.45) is -4.96. The molecular formula is C19H21F3N6O3. The van der Waals surface area contributed by atoms with Crippen molar-refractivity contribution in [2.24, 2.45) is 7.05 Å². The average Bonchev–Trinajstić information content (AvgIpc) is 3.05. The number of halogens is 3. The number of aromatic nitrogens is 2. The summed E-state index contributed by atoms with van der Waals surface area (Å²) in [6.45, 7) is 2.36. The highest BCUT2D eigenvalue weighted by molar-refractivity contribution is 5.79. The van der Waals surface area contributed by atoms with E-state index in [9.17, 15) is 22.8 Å². The lowest BCUT2D eigenvalue weighted by molar-refractivity contribution is -0.203. The first-order chi connectivity index (χ1) is 14.8. The summed E-state index contributed by atoms with van der Waals surface area (Å²) in [4.78, 5) is 37.1. The van der Waals surface area contributed by atoms with E-state index >= 15 is 0 Å². The zero-order valence-electron chi connectivity index (χ0n) is 16.7. The Bertz CT molecular complexity index is 1010. The van der Waals surface area contributed by atoms with E-state index in [0.717, 1.165) is 10.6 Å². The van der Waals surface area contributed by atoms with Crippen molar-refractivity contribution in [1.29, 1.82) is 0 Å². The molecule has 0 saturated carbocycles. The normalized spacial score (nSPS) is 19.4. The van der Waals surface area contributed by atoms with Gasteiger partial charge < -0.3 is 19.6 Å². The van der Waals surface area contributed by atoms with E-state index in [0.29, 0.717) is 26.2 Å². The van der Waals surface area contributed by atoms with Crippen molar-refractivity contribution in [2.45, 2.75) is 19.0 Å². The van der Waals surface area contributed by atoms with E-state index in [1.54, 1.807) is 4.90 Å². The number of benzene rings is 1. The molecular weight excluding hydrogens is 417 g/mol. The molecule has 1 saturated heterocycles. The van der Waals surface area contributed by atoms with Gasteiger partial charge in [-0.15, -0.1) is 5.06 Å². The molecule has 1 N–H and O–H groups in total. The number of piperazine rings is 1. The second kappa shape index (κ2) is 8.19. The summed E-state index contributed by atoms with van der Waals surface area (Å²) < 4.78 is 40.3. The van der Waals surface area contributed by atoms with Crippen LogP contribution in [0.1, 0.15) is 5.56 Å². The molecule has 166 valence electrons. The number of hydrogen-bond acceptors (Lipinski definition) is 8. The third kappa shape index (κ3) is 4.08. The largest absolute Gasteiger partial charge is 0.493 e. The number of alkyl halides is 3. The van der Waals surface area contributed by atoms with Crippen molar-refractivity contribution in [2.75, 3.05) is 36.1 Å². The van der Waals surface area contributed by atoms with Crippen molar-refractivity contribution in [3.8, 4) is 0 Å². The van der Waals surface area contributed by atoms with E-state index in [1.807, 2.05) is 35.2 Å². The van der Waals surface area contributed by atoms with Crippen LogP contribution in [0.5, 0.6) is 0 Å². The Labute approximate surface area is 175 Å². The van der Waals surface area contributed by atoms with Crippen LogP contribution in [-0.2, 0) is 23.2 Å². The van der Waals surface area contributed by atoms with Crippen LogP contribution >= 0.6 is 0 Å². The Balaban J connectivity index is 1.81. The number of carbonyl (C=O) groups is 1. The number of rotatable bonds is 4. The Hall–Kier alpha value is -3.12. The fourth-order valence-corrected chi connectivity index (χ4v) is 3.71. The first kappa shape index (κ1) is 21.1. The van der Waals surface area contributed by atoms with E-state index < -0.39 is 24.0 Å². The molecule has 3 heterocycles. The van der Waals surface area contributed by atoms with Gasteiger partial charge in [0.05, 0.1) is 6.33 Å². The molecule has 0 radical (unpaired) electrons. The summed E-state index contributed by atoms with van der Waals surface area (Å²) in [5.74, 6) is -2.50. The van der Waals surface area contributed by atoms with Crippen LogP contribution in [0.15, 0.2) is 41.5 Å². The van der Waals surface area contributed by atoms with Gasteiger partial charge in [-0.2, -0.15) is 13.2 Å². The number of carbonyl (C=O) groups excluding carboxylic acids is 1. The van der Waals surface area contributed by atoms with Crippen LogP contribution in [0.25, 0.3) is 0 Å². The molecule has 31 heavy (non-hydrogen) atoms. The summed E-state index contributed by atoms with van der Waals surface area (Å²) in [7, 11) is 1.50. The van der Waals surface area contributed by atoms with Crippen molar-refractivity contribution in [3.05, 3.63) is 52.6 Å². The zero-order chi connectivity index (χ0) is 22.2. The van der Waals surface area contributed by atoms with Crippen LogP contribution < -0.4 is 20.8 Å². The number of anilines is 2. The Kier molecular flexibility index (Phi) is 5.58. The van der Waals surface area contributed by atoms with Crippen molar-refractivity contribution in [1.82, 2.24) is 19.8 Å². The molecule has 1 aromatic carbocycles. The van der Waals surface area contributed by atoms with E-state index in [4.69, 9.17) is 4.84 Å². The Morgan fingerprint density at radius 2 is 1.90 bits per heavy atom. The van der Waals surface area contributed by atoms with Crippen LogP contribution in [0.3, 0.4) is 0 Å². The highest BCUT2D eigenvalue weighted by atomic mass is 19.4. The van der Waals surface area contributed by atoms with Gasteiger partial charge in [-0.25, -0.2) is 9.78 Å². The van der Waals surface area contributed by atoms with Gasteiger partial charge >= 0.3 is 12.1 Å². The lowest BCUT2D eigenvalue weighted by Crippen LogP contribution is -2.60. The third-order valence-electron chi connectivity index (χ3n) is 5.16. The number of hydroxylamine groups is 1. The van der Waals surface area contributed by atoms with Crippen LogP contribution in [0, 0.1) is 0 Å². The van der Waals surface area contributed by atoms with Gasteiger partial charge in [-0.05, 0) is 5.56 Å². The van der Waals surface area contributed by atoms with Gasteiger partial charge in [-0.1, -0.05) is 30.3 Å².